The summed E-state index contributed by atoms with van der Waals surface area (Å²) in [5, 5.41) is 0.456. The summed E-state index contributed by atoms with van der Waals surface area (Å²) in [5.74, 6) is 0.239. The molecule has 0 aliphatic heterocycles. The van der Waals surface area contributed by atoms with E-state index in [4.69, 9.17) is 11.6 Å². The van der Waals surface area contributed by atoms with E-state index in [9.17, 15) is 8.42 Å². The van der Waals surface area contributed by atoms with Gasteiger partial charge in [-0.2, -0.15) is 12.7 Å². The van der Waals surface area contributed by atoms with Gasteiger partial charge in [0.25, 0.3) is 0 Å². The van der Waals surface area contributed by atoms with Gasteiger partial charge in [0.15, 0.2) is 0 Å². The molecule has 0 aliphatic rings. The Morgan fingerprint density at radius 3 is 2.50 bits per heavy atom. The maximum Gasteiger partial charge on any atom is 0.302 e. The minimum absolute atomic E-state index is 0.239. The Labute approximate surface area is 87.9 Å². The van der Waals surface area contributed by atoms with Crippen molar-refractivity contribution in [1.82, 2.24) is 9.29 Å². The molecule has 0 bridgehead atoms. The summed E-state index contributed by atoms with van der Waals surface area (Å²) in [4.78, 5) is 3.80. The van der Waals surface area contributed by atoms with Crippen molar-refractivity contribution in [1.29, 1.82) is 0 Å². The summed E-state index contributed by atoms with van der Waals surface area (Å²) in [6, 6.07) is 3.05. The topological polar surface area (TPSA) is 62.3 Å². The van der Waals surface area contributed by atoms with E-state index in [1.807, 2.05) is 0 Å². The zero-order valence-corrected chi connectivity index (χ0v) is 9.30. The molecule has 1 N–H and O–H groups in total. The predicted molar refractivity (Wildman–Crippen MR) is 55.5 cm³/mol. The zero-order chi connectivity index (χ0) is 10.8. The van der Waals surface area contributed by atoms with Gasteiger partial charge in [-0.15, -0.1) is 0 Å². The number of aromatic nitrogens is 1. The Balaban J connectivity index is 2.85. The molecule has 0 amide bonds. The molecule has 0 atom stereocenters. The number of halogens is 1. The molecule has 5 nitrogen and oxygen atoms in total. The first kappa shape index (κ1) is 11.2. The van der Waals surface area contributed by atoms with Crippen molar-refractivity contribution in [3.8, 4) is 0 Å². The van der Waals surface area contributed by atoms with Gasteiger partial charge < -0.3 is 0 Å². The van der Waals surface area contributed by atoms with E-state index in [1.165, 1.54) is 26.4 Å². The molecule has 0 fully saturated rings. The minimum atomic E-state index is -3.49. The van der Waals surface area contributed by atoms with Crippen LogP contribution in [-0.4, -0.2) is 31.8 Å². The van der Waals surface area contributed by atoms with Gasteiger partial charge in [0.2, 0.25) is 0 Å². The number of rotatable bonds is 3. The van der Waals surface area contributed by atoms with Gasteiger partial charge in [-0.25, -0.2) is 4.98 Å². The van der Waals surface area contributed by atoms with Crippen molar-refractivity contribution >= 4 is 27.6 Å². The average Bonchev–Trinajstić information content (AvgIpc) is 2.08. The number of hydrogen-bond donors (Lipinski definition) is 1. The molecule has 1 rings (SSSR count). The van der Waals surface area contributed by atoms with Crippen LogP contribution in [0.15, 0.2) is 18.3 Å². The molecule has 78 valence electrons. The molecule has 0 unspecified atom stereocenters. The molecular weight excluding hydrogens is 226 g/mol. The van der Waals surface area contributed by atoms with Gasteiger partial charge in [-0.05, 0) is 12.1 Å². The highest BCUT2D eigenvalue weighted by molar-refractivity contribution is 7.90. The van der Waals surface area contributed by atoms with Gasteiger partial charge in [0.1, 0.15) is 5.82 Å². The molecule has 1 heterocycles. The second-order valence-electron chi connectivity index (χ2n) is 2.75. The van der Waals surface area contributed by atoms with Crippen molar-refractivity contribution in [2.24, 2.45) is 0 Å². The second-order valence-corrected chi connectivity index (χ2v) is 5.07. The molecule has 14 heavy (non-hydrogen) atoms. The number of nitrogens with one attached hydrogen (secondary N) is 1. The van der Waals surface area contributed by atoms with E-state index in [0.717, 1.165) is 4.31 Å². The number of hydrogen-bond acceptors (Lipinski definition) is 3. The van der Waals surface area contributed by atoms with Crippen LogP contribution in [0.1, 0.15) is 0 Å². The first-order valence-corrected chi connectivity index (χ1v) is 5.55. The Bertz CT molecular complexity index is 401. The van der Waals surface area contributed by atoms with Crippen LogP contribution in [0.5, 0.6) is 0 Å². The Morgan fingerprint density at radius 2 is 2.07 bits per heavy atom. The lowest BCUT2D eigenvalue weighted by atomic mass is 10.5. The maximum absolute atomic E-state index is 11.3. The Morgan fingerprint density at radius 1 is 1.43 bits per heavy atom. The van der Waals surface area contributed by atoms with Gasteiger partial charge >= 0.3 is 10.2 Å². The second kappa shape index (κ2) is 4.12. The van der Waals surface area contributed by atoms with Crippen LogP contribution in [0.3, 0.4) is 0 Å². The molecule has 0 radical (unpaired) electrons. The monoisotopic (exact) mass is 235 g/mol. The summed E-state index contributed by atoms with van der Waals surface area (Å²) in [6.45, 7) is 0. The summed E-state index contributed by atoms with van der Waals surface area (Å²) in [5.41, 5.74) is 0. The van der Waals surface area contributed by atoms with Crippen LogP contribution in [0.25, 0.3) is 0 Å². The summed E-state index contributed by atoms with van der Waals surface area (Å²) < 4.78 is 26.0. The number of anilines is 1. The van der Waals surface area contributed by atoms with Crippen LogP contribution in [0, 0.1) is 0 Å². The summed E-state index contributed by atoms with van der Waals surface area (Å²) in [6.07, 6.45) is 1.37. The SMILES string of the molecule is CN(C)S(=O)(=O)Nc1ccc(Cl)cn1. The zero-order valence-electron chi connectivity index (χ0n) is 7.73. The lowest BCUT2D eigenvalue weighted by Gasteiger charge is -2.12. The van der Waals surface area contributed by atoms with Gasteiger partial charge in [0, 0.05) is 20.3 Å². The van der Waals surface area contributed by atoms with Crippen LogP contribution in [-0.2, 0) is 10.2 Å². The third kappa shape index (κ3) is 2.83. The lowest BCUT2D eigenvalue weighted by molar-refractivity contribution is 0.526. The Kier molecular flexibility index (Phi) is 3.30. The fraction of sp³-hybridized carbons (Fsp3) is 0.286. The molecule has 1 aromatic heterocycles. The molecule has 0 aromatic carbocycles. The van der Waals surface area contributed by atoms with Crippen molar-refractivity contribution in [3.63, 3.8) is 0 Å². The summed E-state index contributed by atoms with van der Waals surface area (Å²) >= 11 is 5.60. The maximum atomic E-state index is 11.3. The highest BCUT2D eigenvalue weighted by Crippen LogP contribution is 2.11. The van der Waals surface area contributed by atoms with E-state index in [1.54, 1.807) is 6.07 Å². The highest BCUT2D eigenvalue weighted by Gasteiger charge is 2.12. The normalized spacial score (nSPS) is 11.7. The van der Waals surface area contributed by atoms with E-state index < -0.39 is 10.2 Å². The van der Waals surface area contributed by atoms with Crippen LogP contribution in [0.2, 0.25) is 5.02 Å². The van der Waals surface area contributed by atoms with Gasteiger partial charge in [0.05, 0.1) is 5.02 Å². The average molecular weight is 236 g/mol. The first-order valence-electron chi connectivity index (χ1n) is 3.73. The number of nitrogens with zero attached hydrogens (tertiary/aromatic N) is 2. The van der Waals surface area contributed by atoms with Crippen LogP contribution in [0.4, 0.5) is 5.82 Å². The predicted octanol–water partition coefficient (Wildman–Crippen LogP) is 0.953. The van der Waals surface area contributed by atoms with Crippen molar-refractivity contribution < 1.29 is 8.42 Å². The van der Waals surface area contributed by atoms with Gasteiger partial charge in [-0.1, -0.05) is 11.6 Å². The molecular formula is C7H10ClN3O2S. The van der Waals surface area contributed by atoms with Crippen molar-refractivity contribution in [2.75, 3.05) is 18.8 Å². The standard InChI is InChI=1S/C7H10ClN3O2S/c1-11(2)14(12,13)10-7-4-3-6(8)5-9-7/h3-5H,1-2H3,(H,9,10). The van der Waals surface area contributed by atoms with E-state index in [2.05, 4.69) is 9.71 Å². The molecule has 0 aliphatic carbocycles. The van der Waals surface area contributed by atoms with Crippen LogP contribution >= 0.6 is 11.6 Å². The molecule has 0 saturated carbocycles. The lowest BCUT2D eigenvalue weighted by Crippen LogP contribution is -2.29. The van der Waals surface area contributed by atoms with Crippen LogP contribution < -0.4 is 4.72 Å². The van der Waals surface area contributed by atoms with Gasteiger partial charge in [-0.3, -0.25) is 4.72 Å². The molecule has 0 saturated heterocycles. The van der Waals surface area contributed by atoms with E-state index >= 15 is 0 Å². The molecule has 7 heteroatoms. The third-order valence-corrected chi connectivity index (χ3v) is 3.09. The smallest absolute Gasteiger partial charge is 0.254 e. The highest BCUT2D eigenvalue weighted by atomic mass is 35.5. The van der Waals surface area contributed by atoms with Crippen molar-refractivity contribution in [2.45, 2.75) is 0 Å². The summed E-state index contributed by atoms with van der Waals surface area (Å²) in [7, 11) is -0.629. The number of pyridine rings is 1. The fourth-order valence-electron chi connectivity index (χ4n) is 0.660. The minimum Gasteiger partial charge on any atom is -0.254 e. The molecule has 0 spiro atoms. The first-order chi connectivity index (χ1) is 6.42. The quantitative estimate of drug-likeness (QED) is 0.849. The van der Waals surface area contributed by atoms with E-state index in [0.29, 0.717) is 5.02 Å². The molecule has 1 aromatic rings. The fourth-order valence-corrected chi connectivity index (χ4v) is 1.34. The largest absolute Gasteiger partial charge is 0.302 e. The van der Waals surface area contributed by atoms with Crippen molar-refractivity contribution in [3.05, 3.63) is 23.4 Å². The van der Waals surface area contributed by atoms with E-state index in [-0.39, 0.29) is 5.82 Å². The third-order valence-electron chi connectivity index (χ3n) is 1.44. The Hall–Kier alpha value is -0.850.